The summed E-state index contributed by atoms with van der Waals surface area (Å²) < 4.78 is 0. The van der Waals surface area contributed by atoms with Gasteiger partial charge in [0.15, 0.2) is 0 Å². The van der Waals surface area contributed by atoms with Crippen LogP contribution in [0.5, 0.6) is 0 Å². The molecule has 0 N–H and O–H groups in total. The van der Waals surface area contributed by atoms with Crippen molar-refractivity contribution < 1.29 is 0 Å². The quantitative estimate of drug-likeness (QED) is 0.604. The highest BCUT2D eigenvalue weighted by atomic mass is 35.5. The van der Waals surface area contributed by atoms with Gasteiger partial charge in [-0.25, -0.2) is 0 Å². The molecule has 1 heterocycles. The summed E-state index contributed by atoms with van der Waals surface area (Å²) >= 11 is 6.22. The highest BCUT2D eigenvalue weighted by molar-refractivity contribution is 6.21. The number of hydrogen-bond acceptors (Lipinski definition) is 1. The lowest BCUT2D eigenvalue weighted by Crippen LogP contribution is -2.44. The molecule has 0 radical (unpaired) electrons. The van der Waals surface area contributed by atoms with Crippen molar-refractivity contribution in [2.45, 2.75) is 45.0 Å². The molecule has 1 saturated heterocycles. The Morgan fingerprint density at radius 3 is 2.75 bits per heavy atom. The lowest BCUT2D eigenvalue weighted by molar-refractivity contribution is 0.147. The average Bonchev–Trinajstić information content (AvgIpc) is 2.08. The molecule has 1 aliphatic heterocycles. The van der Waals surface area contributed by atoms with Gasteiger partial charge in [-0.1, -0.05) is 13.8 Å². The molecule has 2 heteroatoms. The van der Waals surface area contributed by atoms with Crippen LogP contribution in [0.15, 0.2) is 0 Å². The van der Waals surface area contributed by atoms with E-state index in [1.165, 1.54) is 19.4 Å². The molecule has 12 heavy (non-hydrogen) atoms. The minimum absolute atomic E-state index is 0.368. The molecule has 1 aliphatic rings. The van der Waals surface area contributed by atoms with Crippen LogP contribution in [0, 0.1) is 5.92 Å². The van der Waals surface area contributed by atoms with Gasteiger partial charge in [-0.2, -0.15) is 0 Å². The van der Waals surface area contributed by atoms with E-state index in [0.29, 0.717) is 17.3 Å². The smallest absolute Gasteiger partial charge is 0.0489 e. The van der Waals surface area contributed by atoms with E-state index in [9.17, 15) is 0 Å². The molecule has 0 bridgehead atoms. The van der Waals surface area contributed by atoms with Crippen molar-refractivity contribution in [1.29, 1.82) is 0 Å². The van der Waals surface area contributed by atoms with Gasteiger partial charge in [-0.05, 0) is 32.2 Å². The van der Waals surface area contributed by atoms with E-state index in [1.807, 2.05) is 0 Å². The Kier molecular flexibility index (Phi) is 3.85. The summed E-state index contributed by atoms with van der Waals surface area (Å²) in [5.41, 5.74) is 0. The molecule has 0 aliphatic carbocycles. The molecule has 0 aromatic heterocycles. The number of rotatable bonds is 2. The molecular formula is C10H20ClN. The summed E-state index contributed by atoms with van der Waals surface area (Å²) in [6.07, 6.45) is 2.50. The van der Waals surface area contributed by atoms with E-state index < -0.39 is 0 Å². The van der Waals surface area contributed by atoms with Crippen molar-refractivity contribution in [3.05, 3.63) is 0 Å². The van der Waals surface area contributed by atoms with Crippen molar-refractivity contribution in [2.75, 3.05) is 13.1 Å². The zero-order valence-electron chi connectivity index (χ0n) is 8.39. The van der Waals surface area contributed by atoms with Gasteiger partial charge in [0.1, 0.15) is 0 Å². The van der Waals surface area contributed by atoms with Gasteiger partial charge >= 0.3 is 0 Å². The van der Waals surface area contributed by atoms with Crippen LogP contribution in [-0.2, 0) is 0 Å². The monoisotopic (exact) mass is 189 g/mol. The highest BCUT2D eigenvalue weighted by Crippen LogP contribution is 2.23. The van der Waals surface area contributed by atoms with Gasteiger partial charge in [-0.15, -0.1) is 11.6 Å². The molecule has 72 valence electrons. The largest absolute Gasteiger partial charge is 0.299 e. The van der Waals surface area contributed by atoms with Crippen LogP contribution in [0.3, 0.4) is 0 Å². The molecule has 3 unspecified atom stereocenters. The van der Waals surface area contributed by atoms with Gasteiger partial charge in [-0.3, -0.25) is 4.90 Å². The molecule has 3 atom stereocenters. The third-order valence-corrected chi connectivity index (χ3v) is 3.68. The first kappa shape index (κ1) is 10.3. The van der Waals surface area contributed by atoms with Gasteiger partial charge < -0.3 is 0 Å². The fourth-order valence-corrected chi connectivity index (χ4v) is 2.01. The Bertz CT molecular complexity index is 138. The first-order chi connectivity index (χ1) is 5.65. The summed E-state index contributed by atoms with van der Waals surface area (Å²) in [5.74, 6) is 0.701. The van der Waals surface area contributed by atoms with Crippen molar-refractivity contribution in [1.82, 2.24) is 4.90 Å². The van der Waals surface area contributed by atoms with Gasteiger partial charge in [0, 0.05) is 18.0 Å². The number of alkyl halides is 1. The van der Waals surface area contributed by atoms with Crippen LogP contribution in [-0.4, -0.2) is 29.4 Å². The van der Waals surface area contributed by atoms with E-state index in [4.69, 9.17) is 11.6 Å². The highest BCUT2D eigenvalue weighted by Gasteiger charge is 2.26. The number of piperidine rings is 1. The summed E-state index contributed by atoms with van der Waals surface area (Å²) in [4.78, 5) is 2.51. The van der Waals surface area contributed by atoms with E-state index >= 15 is 0 Å². The van der Waals surface area contributed by atoms with Gasteiger partial charge in [0.25, 0.3) is 0 Å². The molecule has 0 amide bonds. The van der Waals surface area contributed by atoms with Crippen molar-refractivity contribution in [2.24, 2.45) is 5.92 Å². The van der Waals surface area contributed by atoms with E-state index in [0.717, 1.165) is 6.54 Å². The Balaban J connectivity index is 2.39. The van der Waals surface area contributed by atoms with Crippen molar-refractivity contribution in [3.63, 3.8) is 0 Å². The van der Waals surface area contributed by atoms with Crippen LogP contribution >= 0.6 is 11.6 Å². The SMILES string of the molecule is CCC(C)N1CCC(C)C(Cl)C1. The number of likely N-dealkylation sites (tertiary alicyclic amines) is 1. The number of hydrogen-bond donors (Lipinski definition) is 0. The van der Waals surface area contributed by atoms with E-state index in [1.54, 1.807) is 0 Å². The second-order valence-electron chi connectivity index (χ2n) is 4.03. The Morgan fingerprint density at radius 1 is 1.58 bits per heavy atom. The predicted molar refractivity (Wildman–Crippen MR) is 54.7 cm³/mol. The van der Waals surface area contributed by atoms with Crippen molar-refractivity contribution >= 4 is 11.6 Å². The predicted octanol–water partition coefficient (Wildman–Crippen LogP) is 2.73. The van der Waals surface area contributed by atoms with Crippen LogP contribution in [0.1, 0.15) is 33.6 Å². The van der Waals surface area contributed by atoms with Crippen molar-refractivity contribution in [3.8, 4) is 0 Å². The second-order valence-corrected chi connectivity index (χ2v) is 4.59. The summed E-state index contributed by atoms with van der Waals surface area (Å²) in [6, 6.07) is 0.707. The standard InChI is InChI=1S/C10H20ClN/c1-4-9(3)12-6-5-8(2)10(11)7-12/h8-10H,4-7H2,1-3H3. The zero-order valence-corrected chi connectivity index (χ0v) is 9.14. The number of nitrogens with zero attached hydrogens (tertiary/aromatic N) is 1. The summed E-state index contributed by atoms with van der Waals surface area (Å²) in [6.45, 7) is 9.11. The molecule has 0 aromatic carbocycles. The fourth-order valence-electron chi connectivity index (χ4n) is 1.70. The lowest BCUT2D eigenvalue weighted by Gasteiger charge is -2.37. The van der Waals surface area contributed by atoms with Crippen LogP contribution in [0.25, 0.3) is 0 Å². The second kappa shape index (κ2) is 4.48. The fraction of sp³-hybridized carbons (Fsp3) is 1.00. The molecular weight excluding hydrogens is 170 g/mol. The number of halogens is 1. The maximum absolute atomic E-state index is 6.22. The maximum atomic E-state index is 6.22. The van der Waals surface area contributed by atoms with Crippen LogP contribution in [0.4, 0.5) is 0 Å². The minimum atomic E-state index is 0.368. The molecule has 1 nitrogen and oxygen atoms in total. The average molecular weight is 190 g/mol. The maximum Gasteiger partial charge on any atom is 0.0489 e. The zero-order chi connectivity index (χ0) is 9.14. The van der Waals surface area contributed by atoms with Crippen LogP contribution in [0.2, 0.25) is 0 Å². The topological polar surface area (TPSA) is 3.24 Å². The third kappa shape index (κ3) is 2.37. The minimum Gasteiger partial charge on any atom is -0.299 e. The summed E-state index contributed by atoms with van der Waals surface area (Å²) in [5, 5.41) is 0.368. The van der Waals surface area contributed by atoms with E-state index in [-0.39, 0.29) is 0 Å². The first-order valence-corrected chi connectivity index (χ1v) is 5.47. The summed E-state index contributed by atoms with van der Waals surface area (Å²) in [7, 11) is 0. The molecule has 0 saturated carbocycles. The molecule has 1 rings (SSSR count). The Morgan fingerprint density at radius 2 is 2.25 bits per heavy atom. The molecule has 0 aromatic rings. The normalized spacial score (nSPS) is 35.0. The van der Waals surface area contributed by atoms with Crippen LogP contribution < -0.4 is 0 Å². The van der Waals surface area contributed by atoms with Gasteiger partial charge in [0.05, 0.1) is 0 Å². The van der Waals surface area contributed by atoms with E-state index in [2.05, 4.69) is 25.7 Å². The Labute approximate surface area is 81.1 Å². The molecule has 0 spiro atoms. The lowest BCUT2D eigenvalue weighted by atomic mass is 9.97. The molecule has 1 fully saturated rings. The first-order valence-electron chi connectivity index (χ1n) is 5.03. The van der Waals surface area contributed by atoms with Gasteiger partial charge in [0.2, 0.25) is 0 Å². The Hall–Kier alpha value is 0.250. The third-order valence-electron chi connectivity index (χ3n) is 3.11.